The van der Waals surface area contributed by atoms with Crippen LogP contribution in [0.15, 0.2) is 6.07 Å². The monoisotopic (exact) mass is 319 g/mol. The number of hydrogen-bond acceptors (Lipinski definition) is 3. The van der Waals surface area contributed by atoms with Crippen LogP contribution in [0.3, 0.4) is 0 Å². The Kier molecular flexibility index (Phi) is 5.09. The molecule has 0 saturated heterocycles. The van der Waals surface area contributed by atoms with Gasteiger partial charge in [0.1, 0.15) is 0 Å². The summed E-state index contributed by atoms with van der Waals surface area (Å²) in [5.41, 5.74) is -1.96. The van der Waals surface area contributed by atoms with E-state index < -0.39 is 53.8 Å². The predicted octanol–water partition coefficient (Wildman–Crippen LogP) is 3.28. The van der Waals surface area contributed by atoms with Gasteiger partial charge in [0, 0.05) is 11.1 Å². The number of pyridine rings is 1. The molecule has 10 heteroatoms. The summed E-state index contributed by atoms with van der Waals surface area (Å²) < 4.78 is 65.6. The van der Waals surface area contributed by atoms with Gasteiger partial charge >= 0.3 is 12.3 Å². The third-order valence-corrected chi connectivity index (χ3v) is 2.35. The van der Waals surface area contributed by atoms with Crippen molar-refractivity contribution in [3.8, 4) is 5.88 Å². The molecule has 20 heavy (non-hydrogen) atoms. The average Bonchev–Trinajstić information content (AvgIpc) is 2.25. The standard InChI is InChI=1S/C10H7ClF5NO3/c11-3-6-5(8(12)13)1-4(2-7(18)19)17-9(6)20-10(14,15)16/h1,8H,2-3H2,(H,18,19). The van der Waals surface area contributed by atoms with Gasteiger partial charge in [0.25, 0.3) is 6.43 Å². The first-order valence-electron chi connectivity index (χ1n) is 4.98. The van der Waals surface area contributed by atoms with Gasteiger partial charge in [0.05, 0.1) is 18.0 Å². The number of aliphatic carboxylic acids is 1. The lowest BCUT2D eigenvalue weighted by Crippen LogP contribution is -2.20. The second kappa shape index (κ2) is 6.21. The van der Waals surface area contributed by atoms with Crippen LogP contribution in [-0.4, -0.2) is 22.4 Å². The molecule has 0 aromatic carbocycles. The first-order valence-corrected chi connectivity index (χ1v) is 5.52. The van der Waals surface area contributed by atoms with E-state index >= 15 is 0 Å². The van der Waals surface area contributed by atoms with Crippen LogP contribution < -0.4 is 4.74 Å². The number of hydrogen-bond donors (Lipinski definition) is 1. The molecule has 1 N–H and O–H groups in total. The number of aromatic nitrogens is 1. The Labute approximate surface area is 114 Å². The molecule has 0 spiro atoms. The van der Waals surface area contributed by atoms with Crippen LogP contribution in [0.25, 0.3) is 0 Å². The van der Waals surface area contributed by atoms with Crippen LogP contribution in [0.5, 0.6) is 5.88 Å². The predicted molar refractivity (Wildman–Crippen MR) is 56.8 cm³/mol. The summed E-state index contributed by atoms with van der Waals surface area (Å²) in [7, 11) is 0. The van der Waals surface area contributed by atoms with E-state index in [4.69, 9.17) is 16.7 Å². The van der Waals surface area contributed by atoms with Gasteiger partial charge in [0.15, 0.2) is 0 Å². The van der Waals surface area contributed by atoms with E-state index in [9.17, 15) is 26.7 Å². The third kappa shape index (κ3) is 4.48. The number of rotatable bonds is 5. The van der Waals surface area contributed by atoms with Crippen molar-refractivity contribution in [3.63, 3.8) is 0 Å². The van der Waals surface area contributed by atoms with Gasteiger partial charge in [-0.3, -0.25) is 4.79 Å². The molecular weight excluding hydrogens is 313 g/mol. The van der Waals surface area contributed by atoms with Crippen LogP contribution in [-0.2, 0) is 17.1 Å². The summed E-state index contributed by atoms with van der Waals surface area (Å²) in [6, 6.07) is 0.694. The molecule has 1 aromatic heterocycles. The highest BCUT2D eigenvalue weighted by Gasteiger charge is 2.34. The first kappa shape index (κ1) is 16.4. The topological polar surface area (TPSA) is 59.4 Å². The quantitative estimate of drug-likeness (QED) is 0.668. The van der Waals surface area contributed by atoms with E-state index in [1.807, 2.05) is 0 Å². The van der Waals surface area contributed by atoms with Crippen molar-refractivity contribution in [2.75, 3.05) is 0 Å². The third-order valence-electron chi connectivity index (χ3n) is 2.09. The number of carboxylic acids is 1. The maximum Gasteiger partial charge on any atom is 0.574 e. The number of carbonyl (C=O) groups is 1. The minimum atomic E-state index is -5.16. The number of ether oxygens (including phenoxy) is 1. The molecule has 0 saturated carbocycles. The van der Waals surface area contributed by atoms with E-state index in [-0.39, 0.29) is 0 Å². The summed E-state index contributed by atoms with van der Waals surface area (Å²) in [4.78, 5) is 13.8. The fourth-order valence-electron chi connectivity index (χ4n) is 1.39. The van der Waals surface area contributed by atoms with E-state index in [0.29, 0.717) is 6.07 Å². The van der Waals surface area contributed by atoms with Crippen molar-refractivity contribution >= 4 is 17.6 Å². The van der Waals surface area contributed by atoms with Crippen LogP contribution in [0.4, 0.5) is 22.0 Å². The molecule has 0 fully saturated rings. The molecule has 0 unspecified atom stereocenters. The zero-order valence-electron chi connectivity index (χ0n) is 9.55. The highest BCUT2D eigenvalue weighted by atomic mass is 35.5. The number of alkyl halides is 6. The van der Waals surface area contributed by atoms with Crippen LogP contribution in [0, 0.1) is 0 Å². The number of nitrogens with zero attached hydrogens (tertiary/aromatic N) is 1. The Bertz CT molecular complexity index is 506. The fourth-order valence-corrected chi connectivity index (χ4v) is 1.66. The van der Waals surface area contributed by atoms with Gasteiger partial charge in [-0.1, -0.05) is 0 Å². The summed E-state index contributed by atoms with van der Waals surface area (Å²) >= 11 is 5.33. The number of halogens is 6. The van der Waals surface area contributed by atoms with Crippen LogP contribution >= 0.6 is 11.6 Å². The Hall–Kier alpha value is -1.64. The maximum atomic E-state index is 12.8. The molecule has 1 heterocycles. The fraction of sp³-hybridized carbons (Fsp3) is 0.400. The van der Waals surface area contributed by atoms with Crippen molar-refractivity contribution in [2.24, 2.45) is 0 Å². The molecular formula is C10H7ClF5NO3. The Morgan fingerprint density at radius 3 is 2.45 bits per heavy atom. The van der Waals surface area contributed by atoms with E-state index in [0.717, 1.165) is 0 Å². The van der Waals surface area contributed by atoms with Crippen molar-refractivity contribution in [1.82, 2.24) is 4.98 Å². The second-order valence-electron chi connectivity index (χ2n) is 3.54. The molecule has 0 aliphatic heterocycles. The lowest BCUT2D eigenvalue weighted by molar-refractivity contribution is -0.276. The summed E-state index contributed by atoms with van der Waals surface area (Å²) in [6.45, 7) is 0. The Balaban J connectivity index is 3.36. The molecule has 1 rings (SSSR count). The van der Waals surface area contributed by atoms with E-state index in [1.54, 1.807) is 0 Å². The van der Waals surface area contributed by atoms with Crippen LogP contribution in [0.2, 0.25) is 0 Å². The Morgan fingerprint density at radius 1 is 1.45 bits per heavy atom. The highest BCUT2D eigenvalue weighted by Crippen LogP contribution is 2.33. The first-order chi connectivity index (χ1) is 9.14. The smallest absolute Gasteiger partial charge is 0.481 e. The van der Waals surface area contributed by atoms with Gasteiger partial charge in [-0.2, -0.15) is 0 Å². The van der Waals surface area contributed by atoms with Gasteiger partial charge < -0.3 is 9.84 Å². The molecule has 0 bridgehead atoms. The average molecular weight is 320 g/mol. The molecule has 4 nitrogen and oxygen atoms in total. The zero-order valence-corrected chi connectivity index (χ0v) is 10.3. The minimum absolute atomic E-state index is 0.485. The summed E-state index contributed by atoms with van der Waals surface area (Å²) in [6.07, 6.45) is -9.12. The van der Waals surface area contributed by atoms with Gasteiger partial charge in [-0.05, 0) is 6.07 Å². The van der Waals surface area contributed by atoms with E-state index in [2.05, 4.69) is 9.72 Å². The molecule has 0 aliphatic rings. The lowest BCUT2D eigenvalue weighted by atomic mass is 10.1. The molecule has 1 aromatic rings. The largest absolute Gasteiger partial charge is 0.574 e. The van der Waals surface area contributed by atoms with Gasteiger partial charge in [-0.25, -0.2) is 13.8 Å². The number of carboxylic acid groups (broad SMARTS) is 1. The summed E-state index contributed by atoms with van der Waals surface area (Å²) in [5, 5.41) is 8.53. The molecule has 0 atom stereocenters. The van der Waals surface area contributed by atoms with Crippen molar-refractivity contribution in [1.29, 1.82) is 0 Å². The molecule has 112 valence electrons. The van der Waals surface area contributed by atoms with Crippen LogP contribution in [0.1, 0.15) is 23.2 Å². The Morgan fingerprint density at radius 2 is 2.05 bits per heavy atom. The lowest BCUT2D eigenvalue weighted by Gasteiger charge is -2.15. The SMILES string of the molecule is O=C(O)Cc1cc(C(F)F)c(CCl)c(OC(F)(F)F)n1. The minimum Gasteiger partial charge on any atom is -0.481 e. The van der Waals surface area contributed by atoms with Crippen molar-refractivity contribution in [3.05, 3.63) is 22.9 Å². The summed E-state index contributed by atoms with van der Waals surface area (Å²) in [5.74, 6) is -3.29. The van der Waals surface area contributed by atoms with Gasteiger partial charge in [-0.15, -0.1) is 24.8 Å². The molecule has 0 radical (unpaired) electrons. The zero-order chi connectivity index (χ0) is 15.5. The molecule has 0 amide bonds. The maximum absolute atomic E-state index is 12.8. The normalized spacial score (nSPS) is 11.8. The van der Waals surface area contributed by atoms with Crippen molar-refractivity contribution in [2.45, 2.75) is 25.1 Å². The second-order valence-corrected chi connectivity index (χ2v) is 3.81. The molecule has 0 aliphatic carbocycles. The van der Waals surface area contributed by atoms with Crippen molar-refractivity contribution < 1.29 is 36.6 Å². The highest BCUT2D eigenvalue weighted by molar-refractivity contribution is 6.17. The van der Waals surface area contributed by atoms with Gasteiger partial charge in [0.2, 0.25) is 5.88 Å². The van der Waals surface area contributed by atoms with E-state index in [1.165, 1.54) is 0 Å².